The molecule has 0 saturated carbocycles. The van der Waals surface area contributed by atoms with Crippen LogP contribution in [0.3, 0.4) is 0 Å². The summed E-state index contributed by atoms with van der Waals surface area (Å²) in [5.74, 6) is 2.30. The summed E-state index contributed by atoms with van der Waals surface area (Å²) >= 11 is 0. The van der Waals surface area contributed by atoms with Gasteiger partial charge in [-0.2, -0.15) is 0 Å². The van der Waals surface area contributed by atoms with Crippen LogP contribution in [0.15, 0.2) is 204 Å². The second kappa shape index (κ2) is 14.4. The smallest absolute Gasteiger partial charge is 0.141 e. The van der Waals surface area contributed by atoms with Gasteiger partial charge in [0.2, 0.25) is 0 Å². The number of imidazole rings is 1. The highest BCUT2D eigenvalue weighted by atomic mass is 15.1. The summed E-state index contributed by atoms with van der Waals surface area (Å²) in [5, 5.41) is 2.47. The Labute approximate surface area is 336 Å². The molecule has 1 heterocycles. The highest BCUT2D eigenvalue weighted by Crippen LogP contribution is 2.56. The van der Waals surface area contributed by atoms with Crippen molar-refractivity contribution < 1.29 is 0 Å². The van der Waals surface area contributed by atoms with Gasteiger partial charge in [0.15, 0.2) is 0 Å². The van der Waals surface area contributed by atoms with E-state index < -0.39 is 0 Å². The lowest BCUT2D eigenvalue weighted by Crippen LogP contribution is -2.36. The maximum atomic E-state index is 5.88. The molecule has 1 aromatic heterocycles. The Morgan fingerprint density at radius 3 is 1.91 bits per heavy atom. The van der Waals surface area contributed by atoms with E-state index in [9.17, 15) is 0 Å². The zero-order chi connectivity index (χ0) is 37.7. The Hall–Kier alpha value is -6.25. The number of aromatic nitrogens is 2. The summed E-state index contributed by atoms with van der Waals surface area (Å²) in [6, 6.07) is 41.8. The van der Waals surface area contributed by atoms with Crippen molar-refractivity contribution in [3.05, 3.63) is 210 Å². The summed E-state index contributed by atoms with van der Waals surface area (Å²) in [4.78, 5) is 5.88. The quantitative estimate of drug-likeness (QED) is 0.167. The largest absolute Gasteiger partial charge is 0.292 e. The molecule has 2 heteroatoms. The Morgan fingerprint density at radius 2 is 1.21 bits per heavy atom. The summed E-state index contributed by atoms with van der Waals surface area (Å²) < 4.78 is 2.50. The number of hydrogen-bond donors (Lipinski definition) is 0. The number of hydrogen-bond acceptors (Lipinski definition) is 1. The number of para-hydroxylation sites is 1. The van der Waals surface area contributed by atoms with Gasteiger partial charge in [0, 0.05) is 16.8 Å². The fourth-order valence-corrected chi connectivity index (χ4v) is 10.7. The number of fused-ring (bicyclic) bond motifs is 4. The molecular formula is C55H46N2. The van der Waals surface area contributed by atoms with Gasteiger partial charge in [-0.25, -0.2) is 4.98 Å². The van der Waals surface area contributed by atoms with Crippen molar-refractivity contribution in [1.29, 1.82) is 0 Å². The predicted molar refractivity (Wildman–Crippen MR) is 239 cm³/mol. The minimum absolute atomic E-state index is 0.343. The molecule has 0 saturated heterocycles. The molecule has 3 atom stereocenters. The molecule has 0 radical (unpaired) electrons. The van der Waals surface area contributed by atoms with E-state index in [2.05, 4.69) is 181 Å². The zero-order valence-corrected chi connectivity index (χ0v) is 32.3. The molecule has 0 fully saturated rings. The molecule has 276 valence electrons. The standard InChI is InChI=1S/C55H46N2/c1-6-20-37(21-7-1)49-43-30-16-17-31-44(43)50(38-22-8-2-9-23-38)48-36-41(34-35-47(48)49)55-56-53-51(39-24-10-3-11-25-39)45-32-18-19-33-46(45)52(40-26-12-4-13-27-40)54(53)57(55)42-28-14-5-15-29-42/h3-6,8,10-16,18-30,32-35,44,48,50H,1-2,7,9,17,31,36H2. The van der Waals surface area contributed by atoms with E-state index in [1.807, 2.05) is 0 Å². The van der Waals surface area contributed by atoms with Crippen molar-refractivity contribution >= 4 is 27.4 Å². The molecule has 0 bridgehead atoms. The van der Waals surface area contributed by atoms with Crippen LogP contribution in [0.1, 0.15) is 50.8 Å². The maximum Gasteiger partial charge on any atom is 0.141 e. The van der Waals surface area contributed by atoms with Crippen molar-refractivity contribution in [1.82, 2.24) is 9.55 Å². The molecule has 0 spiro atoms. The Morgan fingerprint density at radius 1 is 0.561 bits per heavy atom. The van der Waals surface area contributed by atoms with Gasteiger partial charge in [0.25, 0.3) is 0 Å². The summed E-state index contributed by atoms with van der Waals surface area (Å²) in [5.41, 5.74) is 16.9. The third kappa shape index (κ3) is 5.73. The topological polar surface area (TPSA) is 17.8 Å². The first-order chi connectivity index (χ1) is 28.3. The lowest BCUT2D eigenvalue weighted by molar-refractivity contribution is 0.306. The van der Waals surface area contributed by atoms with Gasteiger partial charge in [-0.3, -0.25) is 4.57 Å². The summed E-state index contributed by atoms with van der Waals surface area (Å²) in [7, 11) is 0. The van der Waals surface area contributed by atoms with Crippen LogP contribution in [-0.2, 0) is 0 Å². The average molecular weight is 735 g/mol. The van der Waals surface area contributed by atoms with E-state index in [0.29, 0.717) is 17.8 Å². The van der Waals surface area contributed by atoms with Crippen LogP contribution in [0.4, 0.5) is 0 Å². The van der Waals surface area contributed by atoms with E-state index in [1.165, 1.54) is 67.3 Å². The fourth-order valence-electron chi connectivity index (χ4n) is 10.7. The molecule has 5 aliphatic rings. The Kier molecular flexibility index (Phi) is 8.57. The van der Waals surface area contributed by atoms with Gasteiger partial charge in [0.1, 0.15) is 5.82 Å². The maximum absolute atomic E-state index is 5.88. The van der Waals surface area contributed by atoms with Gasteiger partial charge in [-0.15, -0.1) is 0 Å². The second-order valence-corrected chi connectivity index (χ2v) is 16.2. The predicted octanol–water partition coefficient (Wildman–Crippen LogP) is 14.3. The van der Waals surface area contributed by atoms with Crippen molar-refractivity contribution in [3.8, 4) is 27.9 Å². The van der Waals surface area contributed by atoms with E-state index in [0.717, 1.165) is 61.1 Å². The number of benzene rings is 5. The lowest BCUT2D eigenvalue weighted by atomic mass is 9.58. The van der Waals surface area contributed by atoms with Gasteiger partial charge < -0.3 is 0 Å². The lowest BCUT2D eigenvalue weighted by Gasteiger charge is -2.46. The Bertz CT molecular complexity index is 2800. The molecule has 6 aromatic rings. The average Bonchev–Trinajstić information content (AvgIpc) is 3.68. The molecule has 5 aliphatic carbocycles. The van der Waals surface area contributed by atoms with Crippen LogP contribution in [0.2, 0.25) is 0 Å². The van der Waals surface area contributed by atoms with Crippen molar-refractivity contribution in [2.75, 3.05) is 0 Å². The van der Waals surface area contributed by atoms with Crippen LogP contribution < -0.4 is 0 Å². The molecule has 0 aliphatic heterocycles. The second-order valence-electron chi connectivity index (χ2n) is 16.2. The first kappa shape index (κ1) is 34.0. The summed E-state index contributed by atoms with van der Waals surface area (Å²) in [6.07, 6.45) is 32.3. The van der Waals surface area contributed by atoms with Crippen molar-refractivity contribution in [2.24, 2.45) is 17.8 Å². The van der Waals surface area contributed by atoms with E-state index in [4.69, 9.17) is 4.98 Å². The molecule has 11 rings (SSSR count). The Balaban J connectivity index is 1.22. The first-order valence-electron chi connectivity index (χ1n) is 21.0. The van der Waals surface area contributed by atoms with E-state index >= 15 is 0 Å². The van der Waals surface area contributed by atoms with Crippen molar-refractivity contribution in [2.45, 2.75) is 44.9 Å². The van der Waals surface area contributed by atoms with Crippen LogP contribution in [0.5, 0.6) is 0 Å². The molecule has 0 amide bonds. The highest BCUT2D eigenvalue weighted by molar-refractivity contribution is 6.20. The molecule has 57 heavy (non-hydrogen) atoms. The summed E-state index contributed by atoms with van der Waals surface area (Å²) in [6.45, 7) is 0. The minimum atomic E-state index is 0.343. The monoisotopic (exact) mass is 734 g/mol. The fraction of sp³-hybridized carbons (Fsp3) is 0.182. The minimum Gasteiger partial charge on any atom is -0.292 e. The highest BCUT2D eigenvalue weighted by Gasteiger charge is 2.44. The van der Waals surface area contributed by atoms with Crippen LogP contribution in [-0.4, -0.2) is 9.55 Å². The van der Waals surface area contributed by atoms with Crippen LogP contribution >= 0.6 is 0 Å². The molecule has 2 nitrogen and oxygen atoms in total. The number of allylic oxidation sites excluding steroid dienone is 16. The molecule has 3 unspecified atom stereocenters. The van der Waals surface area contributed by atoms with Crippen LogP contribution in [0.25, 0.3) is 55.3 Å². The third-order valence-electron chi connectivity index (χ3n) is 13.0. The van der Waals surface area contributed by atoms with Gasteiger partial charge in [-0.1, -0.05) is 164 Å². The number of rotatable bonds is 6. The van der Waals surface area contributed by atoms with E-state index in [-0.39, 0.29) is 0 Å². The first-order valence-corrected chi connectivity index (χ1v) is 21.0. The molecule has 5 aromatic carbocycles. The SMILES string of the molecule is C1=CC(C2=C3C=CCCC3C(C3=CCCC=C3)C3CC(c4nc5c(-c6ccccc6)c6ccccc6c(-c6ccccc6)c5n4-c4ccccc4)=CC=C23)=CCC1. The normalized spacial score (nSPS) is 21.5. The van der Waals surface area contributed by atoms with Gasteiger partial charge >= 0.3 is 0 Å². The third-order valence-corrected chi connectivity index (χ3v) is 13.0. The molecule has 0 N–H and O–H groups in total. The van der Waals surface area contributed by atoms with Crippen molar-refractivity contribution in [3.63, 3.8) is 0 Å². The number of nitrogens with zero attached hydrogens (tertiary/aromatic N) is 2. The van der Waals surface area contributed by atoms with Gasteiger partial charge in [0.05, 0.1) is 11.0 Å². The molecular weight excluding hydrogens is 689 g/mol. The van der Waals surface area contributed by atoms with Crippen LogP contribution in [0, 0.1) is 17.8 Å². The zero-order valence-electron chi connectivity index (χ0n) is 32.3. The van der Waals surface area contributed by atoms with E-state index in [1.54, 1.807) is 5.57 Å². The van der Waals surface area contributed by atoms with Gasteiger partial charge in [-0.05, 0) is 130 Å².